The van der Waals surface area contributed by atoms with Gasteiger partial charge in [-0.05, 0) is 29.7 Å². The molecule has 1 fully saturated rings. The fourth-order valence-electron chi connectivity index (χ4n) is 5.02. The van der Waals surface area contributed by atoms with Gasteiger partial charge in [0, 0.05) is 36.0 Å². The van der Waals surface area contributed by atoms with Crippen LogP contribution in [0.2, 0.25) is 0 Å². The number of aryl methyl sites for hydroxylation is 1. The Hall–Kier alpha value is -3.33. The van der Waals surface area contributed by atoms with Gasteiger partial charge in [0.1, 0.15) is 0 Å². The van der Waals surface area contributed by atoms with E-state index >= 15 is 0 Å². The van der Waals surface area contributed by atoms with E-state index < -0.39 is 0 Å². The van der Waals surface area contributed by atoms with Crippen molar-refractivity contribution in [2.24, 2.45) is 5.73 Å². The number of nitrogens with two attached hydrogens (primary N) is 1. The summed E-state index contributed by atoms with van der Waals surface area (Å²) in [6, 6.07) is 27.2. The fourth-order valence-corrected chi connectivity index (χ4v) is 5.02. The minimum Gasteiger partial charge on any atom is -0.370 e. The average molecular weight is 453 g/mol. The highest BCUT2D eigenvalue weighted by Gasteiger charge is 2.22. The van der Waals surface area contributed by atoms with E-state index in [4.69, 9.17) is 5.73 Å². The molecule has 0 spiro atoms. The Labute approximate surface area is 203 Å². The second-order valence-corrected chi connectivity index (χ2v) is 9.47. The molecule has 0 radical (unpaired) electrons. The third-order valence-electron chi connectivity index (χ3n) is 6.74. The van der Waals surface area contributed by atoms with Crippen molar-refractivity contribution in [2.45, 2.75) is 64.3 Å². The number of benzene rings is 3. The molecule has 1 heterocycles. The molecule has 1 atom stereocenters. The molecule has 1 amide bonds. The SMILES string of the molecule is C1CCCCC1.Cc1cccc(C(CC(N)=O)c2cn(Cc3ccccc3)c3ccccc23)c1. The summed E-state index contributed by atoms with van der Waals surface area (Å²) < 4.78 is 2.27. The van der Waals surface area contributed by atoms with Gasteiger partial charge in [0.25, 0.3) is 0 Å². The first-order chi connectivity index (χ1) is 16.6. The molecule has 0 saturated heterocycles. The standard InChI is InChI=1S/C25H24N2O.C6H12/c1-18-8-7-11-20(14-18)22(15-25(26)28)23-17-27(16-19-9-3-2-4-10-19)24-13-6-5-12-21(23)24;1-2-4-6-5-3-1/h2-14,17,22H,15-16H2,1H3,(H2,26,28);1-6H2. The second-order valence-electron chi connectivity index (χ2n) is 9.47. The molecule has 1 aliphatic carbocycles. The minimum atomic E-state index is -0.286. The molecule has 3 heteroatoms. The normalized spacial score (nSPS) is 14.3. The zero-order valence-electron chi connectivity index (χ0n) is 20.2. The van der Waals surface area contributed by atoms with Gasteiger partial charge >= 0.3 is 0 Å². The Morgan fingerprint density at radius 2 is 1.50 bits per heavy atom. The molecule has 176 valence electrons. The molecule has 1 saturated carbocycles. The highest BCUT2D eigenvalue weighted by molar-refractivity contribution is 5.86. The number of hydrogen-bond donors (Lipinski definition) is 1. The molecule has 3 nitrogen and oxygen atoms in total. The molecule has 1 unspecified atom stereocenters. The number of nitrogens with zero attached hydrogens (tertiary/aromatic N) is 1. The van der Waals surface area contributed by atoms with Gasteiger partial charge in [-0.2, -0.15) is 0 Å². The van der Waals surface area contributed by atoms with Gasteiger partial charge in [-0.15, -0.1) is 0 Å². The summed E-state index contributed by atoms with van der Waals surface area (Å²) in [4.78, 5) is 11.9. The van der Waals surface area contributed by atoms with E-state index in [0.717, 1.165) is 17.7 Å². The number of fused-ring (bicyclic) bond motifs is 1. The van der Waals surface area contributed by atoms with Gasteiger partial charge in [-0.25, -0.2) is 0 Å². The van der Waals surface area contributed by atoms with Crippen LogP contribution in [-0.2, 0) is 11.3 Å². The maximum absolute atomic E-state index is 11.9. The molecule has 4 aromatic rings. The van der Waals surface area contributed by atoms with Crippen LogP contribution in [0.1, 0.15) is 73.1 Å². The molecular formula is C31H36N2O. The topological polar surface area (TPSA) is 48.0 Å². The predicted molar refractivity (Wildman–Crippen MR) is 142 cm³/mol. The van der Waals surface area contributed by atoms with Crippen molar-refractivity contribution in [2.75, 3.05) is 0 Å². The quantitative estimate of drug-likeness (QED) is 0.327. The summed E-state index contributed by atoms with van der Waals surface area (Å²) in [5.74, 6) is -0.342. The van der Waals surface area contributed by atoms with E-state index in [-0.39, 0.29) is 11.8 Å². The fraction of sp³-hybridized carbons (Fsp3) is 0.323. The summed E-state index contributed by atoms with van der Waals surface area (Å²) in [6.07, 6.45) is 11.5. The lowest BCUT2D eigenvalue weighted by Gasteiger charge is -2.16. The van der Waals surface area contributed by atoms with Crippen LogP contribution in [-0.4, -0.2) is 10.5 Å². The second kappa shape index (κ2) is 11.7. The van der Waals surface area contributed by atoms with Gasteiger partial charge in [0.15, 0.2) is 0 Å². The van der Waals surface area contributed by atoms with Crippen molar-refractivity contribution in [3.8, 4) is 0 Å². The Morgan fingerprint density at radius 1 is 0.853 bits per heavy atom. The van der Waals surface area contributed by atoms with Crippen LogP contribution in [0.5, 0.6) is 0 Å². The highest BCUT2D eigenvalue weighted by Crippen LogP contribution is 2.35. The zero-order chi connectivity index (χ0) is 23.8. The zero-order valence-corrected chi connectivity index (χ0v) is 20.2. The number of amides is 1. The van der Waals surface area contributed by atoms with Gasteiger partial charge < -0.3 is 10.3 Å². The van der Waals surface area contributed by atoms with E-state index in [1.165, 1.54) is 60.6 Å². The number of carbonyl (C=O) groups excluding carboxylic acids is 1. The molecule has 2 N–H and O–H groups in total. The first kappa shape index (κ1) is 23.8. The number of hydrogen-bond acceptors (Lipinski definition) is 1. The van der Waals surface area contributed by atoms with Crippen molar-refractivity contribution >= 4 is 16.8 Å². The van der Waals surface area contributed by atoms with E-state index in [1.54, 1.807) is 0 Å². The van der Waals surface area contributed by atoms with Crippen molar-refractivity contribution < 1.29 is 4.79 Å². The third-order valence-corrected chi connectivity index (χ3v) is 6.74. The third kappa shape index (κ3) is 6.17. The first-order valence-corrected chi connectivity index (χ1v) is 12.6. The van der Waals surface area contributed by atoms with Crippen LogP contribution < -0.4 is 5.73 Å². The Balaban J connectivity index is 0.000000398. The smallest absolute Gasteiger partial charge is 0.218 e. The molecule has 5 rings (SSSR count). The summed E-state index contributed by atoms with van der Waals surface area (Å²) in [5.41, 5.74) is 11.5. The monoisotopic (exact) mass is 452 g/mol. The number of carbonyl (C=O) groups is 1. The van der Waals surface area contributed by atoms with Crippen molar-refractivity contribution in [1.82, 2.24) is 4.57 Å². The Bertz CT molecular complexity index is 1190. The number of rotatable bonds is 6. The van der Waals surface area contributed by atoms with Crippen LogP contribution in [0, 0.1) is 6.92 Å². The molecule has 1 aliphatic rings. The molecule has 0 bridgehead atoms. The van der Waals surface area contributed by atoms with E-state index in [1.807, 2.05) is 12.1 Å². The van der Waals surface area contributed by atoms with Gasteiger partial charge in [-0.3, -0.25) is 4.79 Å². The van der Waals surface area contributed by atoms with Gasteiger partial charge in [0.05, 0.1) is 0 Å². The Morgan fingerprint density at radius 3 is 2.15 bits per heavy atom. The molecule has 34 heavy (non-hydrogen) atoms. The predicted octanol–water partition coefficient (Wildman–Crippen LogP) is 7.35. The average Bonchev–Trinajstić information content (AvgIpc) is 3.23. The summed E-state index contributed by atoms with van der Waals surface area (Å²) in [5, 5.41) is 1.17. The van der Waals surface area contributed by atoms with Crippen LogP contribution >= 0.6 is 0 Å². The van der Waals surface area contributed by atoms with Gasteiger partial charge in [-0.1, -0.05) is 117 Å². The Kier molecular flexibility index (Phi) is 8.19. The van der Waals surface area contributed by atoms with E-state index in [0.29, 0.717) is 6.42 Å². The number of para-hydroxylation sites is 1. The highest BCUT2D eigenvalue weighted by atomic mass is 16.1. The van der Waals surface area contributed by atoms with Crippen LogP contribution in [0.15, 0.2) is 85.1 Å². The lowest BCUT2D eigenvalue weighted by Crippen LogP contribution is -2.16. The molecule has 3 aromatic carbocycles. The van der Waals surface area contributed by atoms with Crippen molar-refractivity contribution in [3.63, 3.8) is 0 Å². The lowest BCUT2D eigenvalue weighted by molar-refractivity contribution is -0.118. The maximum Gasteiger partial charge on any atom is 0.218 e. The van der Waals surface area contributed by atoms with Crippen molar-refractivity contribution in [1.29, 1.82) is 0 Å². The number of aromatic nitrogens is 1. The molecular weight excluding hydrogens is 416 g/mol. The molecule has 0 aliphatic heterocycles. The minimum absolute atomic E-state index is 0.0562. The lowest BCUT2D eigenvalue weighted by atomic mass is 9.87. The van der Waals surface area contributed by atoms with Crippen molar-refractivity contribution in [3.05, 3.63) is 107 Å². The van der Waals surface area contributed by atoms with E-state index in [9.17, 15) is 4.79 Å². The summed E-state index contributed by atoms with van der Waals surface area (Å²) in [6.45, 7) is 2.86. The van der Waals surface area contributed by atoms with Gasteiger partial charge in [0.2, 0.25) is 5.91 Å². The largest absolute Gasteiger partial charge is 0.370 e. The molecule has 1 aromatic heterocycles. The summed E-state index contributed by atoms with van der Waals surface area (Å²) in [7, 11) is 0. The van der Waals surface area contributed by atoms with Crippen LogP contribution in [0.4, 0.5) is 0 Å². The van der Waals surface area contributed by atoms with Crippen LogP contribution in [0.25, 0.3) is 10.9 Å². The summed E-state index contributed by atoms with van der Waals surface area (Å²) >= 11 is 0. The van der Waals surface area contributed by atoms with E-state index in [2.05, 4.69) is 84.4 Å². The maximum atomic E-state index is 11.9. The first-order valence-electron chi connectivity index (χ1n) is 12.6. The number of primary amides is 1. The van der Waals surface area contributed by atoms with Crippen LogP contribution in [0.3, 0.4) is 0 Å².